The van der Waals surface area contributed by atoms with E-state index in [2.05, 4.69) is 19.2 Å². The van der Waals surface area contributed by atoms with Gasteiger partial charge in [0.1, 0.15) is 11.6 Å². The maximum absolute atomic E-state index is 13.2. The summed E-state index contributed by atoms with van der Waals surface area (Å²) in [5, 5.41) is 3.60. The molecule has 0 amide bonds. The number of nitrogens with one attached hydrogen (secondary N) is 1. The Kier molecular flexibility index (Phi) is 4.13. The Morgan fingerprint density at radius 3 is 2.78 bits per heavy atom. The molecule has 1 aromatic carbocycles. The van der Waals surface area contributed by atoms with Gasteiger partial charge < -0.3 is 10.1 Å². The molecule has 0 saturated heterocycles. The molecule has 0 aromatic heterocycles. The van der Waals surface area contributed by atoms with E-state index in [1.807, 2.05) is 0 Å². The number of rotatable bonds is 6. The molecule has 18 heavy (non-hydrogen) atoms. The van der Waals surface area contributed by atoms with Crippen molar-refractivity contribution in [3.63, 3.8) is 0 Å². The van der Waals surface area contributed by atoms with E-state index in [0.29, 0.717) is 18.4 Å². The zero-order valence-electron chi connectivity index (χ0n) is 10.8. The van der Waals surface area contributed by atoms with Gasteiger partial charge in [0.15, 0.2) is 0 Å². The normalized spacial score (nSPS) is 15.8. The molecule has 4 heteroatoms. The smallest absolute Gasteiger partial charge is 0.145 e. The Labute approximate surface area is 112 Å². The van der Waals surface area contributed by atoms with Crippen LogP contribution in [0, 0.1) is 11.2 Å². The quantitative estimate of drug-likeness (QED) is 0.853. The maximum atomic E-state index is 13.2. The lowest BCUT2D eigenvalue weighted by atomic mass is 9.95. The Morgan fingerprint density at radius 2 is 2.17 bits per heavy atom. The third-order valence-electron chi connectivity index (χ3n) is 2.97. The van der Waals surface area contributed by atoms with Crippen molar-refractivity contribution in [2.24, 2.45) is 5.41 Å². The largest absolute Gasteiger partial charge is 0.493 e. The lowest BCUT2D eigenvalue weighted by Crippen LogP contribution is -2.35. The van der Waals surface area contributed by atoms with Gasteiger partial charge in [-0.2, -0.15) is 0 Å². The van der Waals surface area contributed by atoms with Gasteiger partial charge in [-0.25, -0.2) is 4.39 Å². The first kappa shape index (κ1) is 13.6. The van der Waals surface area contributed by atoms with Crippen LogP contribution in [-0.2, 0) is 0 Å². The van der Waals surface area contributed by atoms with Crippen molar-refractivity contribution in [3.8, 4) is 5.75 Å². The van der Waals surface area contributed by atoms with Crippen molar-refractivity contribution in [3.05, 3.63) is 29.0 Å². The van der Waals surface area contributed by atoms with Crippen LogP contribution in [-0.4, -0.2) is 19.2 Å². The Balaban J connectivity index is 1.82. The molecule has 100 valence electrons. The van der Waals surface area contributed by atoms with Crippen molar-refractivity contribution in [1.29, 1.82) is 0 Å². The fourth-order valence-corrected chi connectivity index (χ4v) is 1.72. The van der Waals surface area contributed by atoms with Crippen LogP contribution in [0.2, 0.25) is 5.02 Å². The second kappa shape index (κ2) is 5.45. The van der Waals surface area contributed by atoms with Gasteiger partial charge in [0, 0.05) is 24.1 Å². The van der Waals surface area contributed by atoms with E-state index in [9.17, 15) is 4.39 Å². The fraction of sp³-hybridized carbons (Fsp3) is 0.571. The van der Waals surface area contributed by atoms with Crippen molar-refractivity contribution in [2.75, 3.05) is 13.2 Å². The topological polar surface area (TPSA) is 21.3 Å². The molecule has 0 aliphatic heterocycles. The SMILES string of the molecule is CC(C)(CNC1CC1)COc1ccc(Cl)c(F)c1. The molecule has 0 spiro atoms. The first-order valence-electron chi connectivity index (χ1n) is 6.27. The van der Waals surface area contributed by atoms with E-state index in [1.165, 1.54) is 25.0 Å². The Hall–Kier alpha value is -0.800. The summed E-state index contributed by atoms with van der Waals surface area (Å²) in [6.45, 7) is 5.73. The van der Waals surface area contributed by atoms with Crippen LogP contribution in [0.15, 0.2) is 18.2 Å². The third kappa shape index (κ3) is 4.14. The van der Waals surface area contributed by atoms with Gasteiger partial charge in [0.05, 0.1) is 11.6 Å². The van der Waals surface area contributed by atoms with Crippen LogP contribution in [0.25, 0.3) is 0 Å². The first-order chi connectivity index (χ1) is 8.46. The summed E-state index contributed by atoms with van der Waals surface area (Å²) in [5.41, 5.74) is 0.0265. The Morgan fingerprint density at radius 1 is 1.44 bits per heavy atom. The van der Waals surface area contributed by atoms with E-state index in [0.717, 1.165) is 6.54 Å². The highest BCUT2D eigenvalue weighted by Crippen LogP contribution is 2.24. The highest BCUT2D eigenvalue weighted by Gasteiger charge is 2.25. The fourth-order valence-electron chi connectivity index (χ4n) is 1.60. The number of ether oxygens (including phenoxy) is 1. The highest BCUT2D eigenvalue weighted by atomic mass is 35.5. The van der Waals surface area contributed by atoms with Gasteiger partial charge in [-0.3, -0.25) is 0 Å². The molecule has 1 aliphatic carbocycles. The molecule has 2 rings (SSSR count). The number of halogens is 2. The molecule has 1 aliphatic rings. The second-order valence-corrected chi connectivity index (χ2v) is 6.09. The predicted molar refractivity (Wildman–Crippen MR) is 71.7 cm³/mol. The second-order valence-electron chi connectivity index (χ2n) is 5.68. The van der Waals surface area contributed by atoms with Crippen LogP contribution < -0.4 is 10.1 Å². The van der Waals surface area contributed by atoms with Crippen molar-refractivity contribution in [1.82, 2.24) is 5.32 Å². The van der Waals surface area contributed by atoms with Gasteiger partial charge in [-0.15, -0.1) is 0 Å². The average Bonchev–Trinajstić information content (AvgIpc) is 3.12. The molecule has 0 atom stereocenters. The summed E-state index contributed by atoms with van der Waals surface area (Å²) >= 11 is 5.62. The molecular formula is C14H19ClFNO. The summed E-state index contributed by atoms with van der Waals surface area (Å²) < 4.78 is 18.9. The molecule has 0 unspecified atom stereocenters. The summed E-state index contributed by atoms with van der Waals surface area (Å²) in [7, 11) is 0. The van der Waals surface area contributed by atoms with Crippen LogP contribution in [0.5, 0.6) is 5.75 Å². The molecular weight excluding hydrogens is 253 g/mol. The van der Waals surface area contributed by atoms with E-state index < -0.39 is 5.82 Å². The van der Waals surface area contributed by atoms with Crippen LogP contribution in [0.3, 0.4) is 0 Å². The summed E-state index contributed by atoms with van der Waals surface area (Å²) in [5.74, 6) is 0.0828. The highest BCUT2D eigenvalue weighted by molar-refractivity contribution is 6.30. The van der Waals surface area contributed by atoms with Crippen molar-refractivity contribution >= 4 is 11.6 Å². The van der Waals surface area contributed by atoms with E-state index in [4.69, 9.17) is 16.3 Å². The molecule has 1 N–H and O–H groups in total. The summed E-state index contributed by atoms with van der Waals surface area (Å²) in [4.78, 5) is 0. The Bertz CT molecular complexity index is 418. The zero-order chi connectivity index (χ0) is 13.2. The lowest BCUT2D eigenvalue weighted by molar-refractivity contribution is 0.175. The van der Waals surface area contributed by atoms with Gasteiger partial charge >= 0.3 is 0 Å². The molecule has 0 heterocycles. The number of benzene rings is 1. The van der Waals surface area contributed by atoms with E-state index in [-0.39, 0.29) is 10.4 Å². The number of hydrogen-bond acceptors (Lipinski definition) is 2. The lowest BCUT2D eigenvalue weighted by Gasteiger charge is -2.25. The predicted octanol–water partition coefficient (Wildman–Crippen LogP) is 3.64. The maximum Gasteiger partial charge on any atom is 0.145 e. The molecule has 1 saturated carbocycles. The molecule has 0 bridgehead atoms. The number of hydrogen-bond donors (Lipinski definition) is 1. The van der Waals surface area contributed by atoms with Crippen molar-refractivity contribution < 1.29 is 9.13 Å². The summed E-state index contributed by atoms with van der Waals surface area (Å²) in [6.07, 6.45) is 2.55. The van der Waals surface area contributed by atoms with Crippen LogP contribution in [0.4, 0.5) is 4.39 Å². The molecule has 1 aromatic rings. The van der Waals surface area contributed by atoms with E-state index in [1.54, 1.807) is 6.07 Å². The minimum Gasteiger partial charge on any atom is -0.493 e. The van der Waals surface area contributed by atoms with Crippen LogP contribution >= 0.6 is 11.6 Å². The third-order valence-corrected chi connectivity index (χ3v) is 3.27. The first-order valence-corrected chi connectivity index (χ1v) is 6.65. The van der Waals surface area contributed by atoms with Gasteiger partial charge in [-0.05, 0) is 25.0 Å². The van der Waals surface area contributed by atoms with Crippen LogP contribution in [0.1, 0.15) is 26.7 Å². The van der Waals surface area contributed by atoms with Gasteiger partial charge in [-0.1, -0.05) is 25.4 Å². The molecule has 0 radical (unpaired) electrons. The molecule has 1 fully saturated rings. The monoisotopic (exact) mass is 271 g/mol. The van der Waals surface area contributed by atoms with Gasteiger partial charge in [0.2, 0.25) is 0 Å². The average molecular weight is 272 g/mol. The summed E-state index contributed by atoms with van der Waals surface area (Å²) in [6, 6.07) is 5.22. The zero-order valence-corrected chi connectivity index (χ0v) is 11.6. The minimum absolute atomic E-state index is 0.0265. The van der Waals surface area contributed by atoms with E-state index >= 15 is 0 Å². The standard InChI is InChI=1S/C14H19ClFNO/c1-14(2,8-17-10-3-4-10)9-18-11-5-6-12(15)13(16)7-11/h5-7,10,17H,3-4,8-9H2,1-2H3. The van der Waals surface area contributed by atoms with Crippen molar-refractivity contribution in [2.45, 2.75) is 32.7 Å². The minimum atomic E-state index is -0.442. The van der Waals surface area contributed by atoms with Gasteiger partial charge in [0.25, 0.3) is 0 Å². The molecule has 2 nitrogen and oxygen atoms in total.